The normalized spacial score (nSPS) is 16.6. The number of ether oxygens (including phenoxy) is 2. The van der Waals surface area contributed by atoms with Crippen LogP contribution in [0, 0.1) is 0 Å². The van der Waals surface area contributed by atoms with Gasteiger partial charge in [-0.15, -0.1) is 0 Å². The number of hydrogen-bond donors (Lipinski definition) is 0. The molecule has 7 nitrogen and oxygen atoms in total. The van der Waals surface area contributed by atoms with Crippen LogP contribution in [0.4, 0.5) is 0 Å². The van der Waals surface area contributed by atoms with Crippen molar-refractivity contribution in [3.05, 3.63) is 35.5 Å². The Kier molecular flexibility index (Phi) is 4.46. The summed E-state index contributed by atoms with van der Waals surface area (Å²) in [4.78, 5) is 42.1. The van der Waals surface area contributed by atoms with Crippen LogP contribution in [-0.4, -0.2) is 17.9 Å². The van der Waals surface area contributed by atoms with Crippen LogP contribution in [0.5, 0.6) is 0 Å². The topological polar surface area (TPSA) is 88.1 Å². The molecule has 0 radical (unpaired) electrons. The van der Waals surface area contributed by atoms with Crippen molar-refractivity contribution in [2.45, 2.75) is 20.8 Å². The van der Waals surface area contributed by atoms with Crippen molar-refractivity contribution in [2.24, 2.45) is 0 Å². The molecule has 1 aliphatic heterocycles. The van der Waals surface area contributed by atoms with E-state index in [4.69, 9.17) is 9.47 Å². The second kappa shape index (κ2) is 5.85. The Labute approximate surface area is 109 Å². The predicted molar refractivity (Wildman–Crippen MR) is 60.6 cm³/mol. The first-order chi connectivity index (χ1) is 8.82. The summed E-state index contributed by atoms with van der Waals surface area (Å²) in [6.45, 7) is 7.47. The molecule has 1 rings (SSSR count). The maximum atomic E-state index is 11.5. The van der Waals surface area contributed by atoms with Gasteiger partial charge in [0, 0.05) is 5.57 Å². The van der Waals surface area contributed by atoms with E-state index in [2.05, 4.69) is 16.4 Å². The van der Waals surface area contributed by atoms with Crippen molar-refractivity contribution in [2.75, 3.05) is 0 Å². The lowest BCUT2D eigenvalue weighted by molar-refractivity contribution is -0.252. The molecule has 102 valence electrons. The summed E-state index contributed by atoms with van der Waals surface area (Å²) in [5.74, 6) is -2.88. The van der Waals surface area contributed by atoms with Gasteiger partial charge in [-0.05, 0) is 20.8 Å². The zero-order valence-corrected chi connectivity index (χ0v) is 10.6. The van der Waals surface area contributed by atoms with Gasteiger partial charge in [-0.1, -0.05) is 6.58 Å². The van der Waals surface area contributed by atoms with Crippen LogP contribution < -0.4 is 0 Å². The summed E-state index contributed by atoms with van der Waals surface area (Å²) in [6, 6.07) is 0. The maximum Gasteiger partial charge on any atom is 0.389 e. The van der Waals surface area contributed by atoms with Gasteiger partial charge >= 0.3 is 23.9 Å². The summed E-state index contributed by atoms with van der Waals surface area (Å²) in [7, 11) is 0. The molecule has 1 aliphatic rings. The summed E-state index contributed by atoms with van der Waals surface area (Å²) in [5, 5.41) is 0. The molecule has 0 amide bonds. The first kappa shape index (κ1) is 14.5. The SMILES string of the molecule is C=C(C)C(=O)OOC(=O)/C(C)=C1\OC=C(C)C(=O)O1. The van der Waals surface area contributed by atoms with Gasteiger partial charge in [0.25, 0.3) is 0 Å². The molecule has 0 fully saturated rings. The van der Waals surface area contributed by atoms with Crippen LogP contribution in [0.2, 0.25) is 0 Å². The first-order valence-corrected chi connectivity index (χ1v) is 5.18. The Bertz CT molecular complexity index is 510. The fraction of sp³-hybridized carbons (Fsp3) is 0.250. The van der Waals surface area contributed by atoms with E-state index in [0.717, 1.165) is 6.26 Å². The highest BCUT2D eigenvalue weighted by atomic mass is 17.2. The maximum absolute atomic E-state index is 11.5. The van der Waals surface area contributed by atoms with Gasteiger partial charge in [0.05, 0.1) is 5.57 Å². The molecule has 7 heteroatoms. The number of rotatable bonds is 2. The number of cyclic esters (lactones) is 1. The lowest BCUT2D eigenvalue weighted by Gasteiger charge is -2.14. The van der Waals surface area contributed by atoms with E-state index in [9.17, 15) is 14.4 Å². The molecule has 0 aromatic carbocycles. The second-order valence-electron chi connectivity index (χ2n) is 3.74. The monoisotopic (exact) mass is 268 g/mol. The van der Waals surface area contributed by atoms with Gasteiger partial charge in [0.2, 0.25) is 0 Å². The summed E-state index contributed by atoms with van der Waals surface area (Å²) in [5.41, 5.74) is 0.155. The zero-order valence-electron chi connectivity index (χ0n) is 10.6. The van der Waals surface area contributed by atoms with Gasteiger partial charge < -0.3 is 9.47 Å². The summed E-state index contributed by atoms with van der Waals surface area (Å²) in [6.07, 6.45) is 1.14. The molecule has 0 spiro atoms. The second-order valence-corrected chi connectivity index (χ2v) is 3.74. The fourth-order valence-corrected chi connectivity index (χ4v) is 0.836. The molecule has 0 N–H and O–H groups in total. The van der Waals surface area contributed by atoms with Gasteiger partial charge in [0.1, 0.15) is 11.8 Å². The highest BCUT2D eigenvalue weighted by Gasteiger charge is 2.24. The summed E-state index contributed by atoms with van der Waals surface area (Å²) < 4.78 is 9.64. The Morgan fingerprint density at radius 2 is 1.79 bits per heavy atom. The number of esters is 1. The molecule has 1 heterocycles. The smallest absolute Gasteiger partial charge is 0.389 e. The van der Waals surface area contributed by atoms with E-state index in [1.807, 2.05) is 0 Å². The van der Waals surface area contributed by atoms with Crippen LogP contribution in [0.25, 0.3) is 0 Å². The van der Waals surface area contributed by atoms with Crippen LogP contribution in [0.3, 0.4) is 0 Å². The molecule has 0 aliphatic carbocycles. The molecular weight excluding hydrogens is 256 g/mol. The summed E-state index contributed by atoms with van der Waals surface area (Å²) >= 11 is 0. The van der Waals surface area contributed by atoms with Crippen LogP contribution in [0.1, 0.15) is 20.8 Å². The Morgan fingerprint density at radius 3 is 2.32 bits per heavy atom. The molecule has 0 unspecified atom stereocenters. The first-order valence-electron chi connectivity index (χ1n) is 5.18. The predicted octanol–water partition coefficient (Wildman–Crippen LogP) is 1.27. The van der Waals surface area contributed by atoms with E-state index in [1.165, 1.54) is 20.8 Å². The van der Waals surface area contributed by atoms with Crippen molar-refractivity contribution in [3.63, 3.8) is 0 Å². The van der Waals surface area contributed by atoms with Crippen molar-refractivity contribution in [1.82, 2.24) is 0 Å². The largest absolute Gasteiger partial charge is 0.433 e. The fourth-order valence-electron chi connectivity index (χ4n) is 0.836. The highest BCUT2D eigenvalue weighted by Crippen LogP contribution is 2.18. The van der Waals surface area contributed by atoms with Crippen LogP contribution in [0.15, 0.2) is 35.5 Å². The Morgan fingerprint density at radius 1 is 1.21 bits per heavy atom. The lowest BCUT2D eigenvalue weighted by atomic mass is 10.3. The third kappa shape index (κ3) is 3.70. The minimum Gasteiger partial charge on any atom is -0.433 e. The number of carbonyl (C=O) groups is 3. The van der Waals surface area contributed by atoms with Crippen molar-refractivity contribution in [3.8, 4) is 0 Å². The third-order valence-corrected chi connectivity index (χ3v) is 2.00. The zero-order chi connectivity index (χ0) is 14.6. The average molecular weight is 268 g/mol. The Hall–Kier alpha value is -2.57. The molecule has 19 heavy (non-hydrogen) atoms. The quantitative estimate of drug-likeness (QED) is 0.322. The van der Waals surface area contributed by atoms with Crippen LogP contribution in [-0.2, 0) is 33.6 Å². The van der Waals surface area contributed by atoms with Gasteiger partial charge in [-0.3, -0.25) is 0 Å². The minimum absolute atomic E-state index is 0.0667. The number of hydrogen-bond acceptors (Lipinski definition) is 7. The van der Waals surface area contributed by atoms with E-state index >= 15 is 0 Å². The van der Waals surface area contributed by atoms with Crippen molar-refractivity contribution >= 4 is 17.9 Å². The van der Waals surface area contributed by atoms with Crippen molar-refractivity contribution in [1.29, 1.82) is 0 Å². The van der Waals surface area contributed by atoms with Gasteiger partial charge in [0.15, 0.2) is 0 Å². The molecule has 0 aromatic heterocycles. The van der Waals surface area contributed by atoms with E-state index < -0.39 is 17.9 Å². The molecule has 0 aromatic rings. The molecule has 0 bridgehead atoms. The molecule has 0 saturated heterocycles. The molecular formula is C12H12O7. The highest BCUT2D eigenvalue weighted by molar-refractivity contribution is 5.92. The number of carbonyl (C=O) groups excluding carboxylic acids is 3. The standard InChI is InChI=1S/C12H12O7/c1-6(2)9(13)18-19-11(15)8(4)12-16-5-7(3)10(14)17-12/h5H,1H2,2-4H3/b12-8+. The molecule has 0 saturated carbocycles. The lowest BCUT2D eigenvalue weighted by Crippen LogP contribution is -2.18. The van der Waals surface area contributed by atoms with Crippen molar-refractivity contribution < 1.29 is 33.6 Å². The van der Waals surface area contributed by atoms with E-state index in [-0.39, 0.29) is 22.7 Å². The Balaban J connectivity index is 2.70. The van der Waals surface area contributed by atoms with Gasteiger partial charge in [-0.2, -0.15) is 0 Å². The third-order valence-electron chi connectivity index (χ3n) is 2.00. The minimum atomic E-state index is -1.02. The van der Waals surface area contributed by atoms with Crippen LogP contribution >= 0.6 is 0 Å². The average Bonchev–Trinajstić information content (AvgIpc) is 2.37. The van der Waals surface area contributed by atoms with Gasteiger partial charge in [-0.25, -0.2) is 24.2 Å². The molecule has 0 atom stereocenters. The van der Waals surface area contributed by atoms with E-state index in [1.54, 1.807) is 0 Å². The van der Waals surface area contributed by atoms with E-state index in [0.29, 0.717) is 0 Å².